The molecule has 186 valence electrons. The van der Waals surface area contributed by atoms with Gasteiger partial charge in [0.05, 0.1) is 24.2 Å². The van der Waals surface area contributed by atoms with Crippen LogP contribution in [0, 0.1) is 0 Å². The molecule has 0 spiro atoms. The lowest BCUT2D eigenvalue weighted by molar-refractivity contribution is -0.142. The van der Waals surface area contributed by atoms with Gasteiger partial charge in [0.2, 0.25) is 5.91 Å². The molecule has 1 aliphatic rings. The predicted octanol–water partition coefficient (Wildman–Crippen LogP) is 3.61. The van der Waals surface area contributed by atoms with Crippen molar-refractivity contribution >= 4 is 17.5 Å². The second-order valence-electron chi connectivity index (χ2n) is 7.71. The summed E-state index contributed by atoms with van der Waals surface area (Å²) in [5.41, 5.74) is 0.109. The third-order valence-electron chi connectivity index (χ3n) is 5.20. The summed E-state index contributed by atoms with van der Waals surface area (Å²) in [6.45, 7) is 0.575. The zero-order valence-corrected chi connectivity index (χ0v) is 19.1. The van der Waals surface area contributed by atoms with Crippen LogP contribution in [0.5, 0.6) is 0 Å². The van der Waals surface area contributed by atoms with E-state index in [-0.39, 0.29) is 36.1 Å². The average Bonchev–Trinajstić information content (AvgIpc) is 3.24. The maximum absolute atomic E-state index is 13.7. The van der Waals surface area contributed by atoms with Crippen molar-refractivity contribution in [1.82, 2.24) is 24.6 Å². The van der Waals surface area contributed by atoms with Crippen molar-refractivity contribution in [2.45, 2.75) is 12.6 Å². The molecule has 0 atom stereocenters. The van der Waals surface area contributed by atoms with E-state index >= 15 is 0 Å². The van der Waals surface area contributed by atoms with Crippen LogP contribution in [0.4, 0.5) is 18.9 Å². The number of rotatable bonds is 7. The van der Waals surface area contributed by atoms with Crippen LogP contribution in [0.1, 0.15) is 12.1 Å². The minimum absolute atomic E-state index is 0.0802. The summed E-state index contributed by atoms with van der Waals surface area (Å²) in [4.78, 5) is 34.2. The van der Waals surface area contributed by atoms with E-state index < -0.39 is 17.8 Å². The molecule has 36 heavy (non-hydrogen) atoms. The molecular weight excluding hydrogens is 477 g/mol. The number of nitrogens with one attached hydrogen (secondary N) is 1. The van der Waals surface area contributed by atoms with Gasteiger partial charge >= 0.3 is 6.18 Å². The average molecular weight is 498 g/mol. The van der Waals surface area contributed by atoms with Crippen LogP contribution in [0.2, 0.25) is 0 Å². The number of hydrogen-bond acceptors (Lipinski definition) is 6. The van der Waals surface area contributed by atoms with Gasteiger partial charge in [0.15, 0.2) is 11.5 Å². The van der Waals surface area contributed by atoms with Gasteiger partial charge < -0.3 is 15.0 Å². The number of nitrogens with zero attached hydrogens (tertiary/aromatic N) is 5. The molecule has 4 rings (SSSR count). The Morgan fingerprint density at radius 3 is 2.72 bits per heavy atom. The van der Waals surface area contributed by atoms with Gasteiger partial charge in [-0.3, -0.25) is 14.6 Å². The van der Waals surface area contributed by atoms with Gasteiger partial charge in [-0.15, -0.1) is 0 Å². The minimum Gasteiger partial charge on any atom is -0.383 e. The second-order valence-corrected chi connectivity index (χ2v) is 7.71. The van der Waals surface area contributed by atoms with Crippen molar-refractivity contribution in [1.29, 1.82) is 0 Å². The standard InChI is InChI=1S/C24H21F3N6O3/c1-36-11-10-32-15-17(4-2-6-22(32)34)23(35)30-18-7-8-21(29-14-18)33-20(24(25,26)27)12-19(31-33)16-5-3-9-28-13-16/h2-3,5-9,12-15H,4,10-11H2,1H3,(H,30,35). The fraction of sp³-hybridized carbons (Fsp3) is 0.208. The quantitative estimate of drug-likeness (QED) is 0.534. The number of halogens is 3. The number of methoxy groups -OCH3 is 1. The number of ether oxygens (including phenoxy) is 1. The van der Waals surface area contributed by atoms with Crippen LogP contribution < -0.4 is 5.32 Å². The number of pyridine rings is 2. The molecule has 0 unspecified atom stereocenters. The summed E-state index contributed by atoms with van der Waals surface area (Å²) in [6, 6.07) is 6.88. The topological polar surface area (TPSA) is 102 Å². The fourth-order valence-electron chi connectivity index (χ4n) is 3.41. The summed E-state index contributed by atoms with van der Waals surface area (Å²) in [5.74, 6) is -0.824. The highest BCUT2D eigenvalue weighted by Gasteiger charge is 2.37. The largest absolute Gasteiger partial charge is 0.433 e. The Morgan fingerprint density at radius 1 is 1.22 bits per heavy atom. The van der Waals surface area contributed by atoms with Gasteiger partial charge in [-0.25, -0.2) is 9.67 Å². The Kier molecular flexibility index (Phi) is 7.25. The molecule has 3 aromatic rings. The number of allylic oxidation sites excluding steroid dienone is 1. The summed E-state index contributed by atoms with van der Waals surface area (Å²) >= 11 is 0. The summed E-state index contributed by atoms with van der Waals surface area (Å²) in [6.07, 6.45) is 4.14. The van der Waals surface area contributed by atoms with Crippen molar-refractivity contribution in [3.8, 4) is 17.1 Å². The van der Waals surface area contributed by atoms with E-state index in [1.807, 2.05) is 0 Å². The third kappa shape index (κ3) is 5.66. The molecule has 9 nitrogen and oxygen atoms in total. The summed E-state index contributed by atoms with van der Waals surface area (Å²) in [7, 11) is 1.51. The Balaban J connectivity index is 1.55. The van der Waals surface area contributed by atoms with E-state index in [4.69, 9.17) is 4.74 Å². The highest BCUT2D eigenvalue weighted by Crippen LogP contribution is 2.33. The highest BCUT2D eigenvalue weighted by atomic mass is 19.4. The number of carbonyl (C=O) groups is 2. The zero-order chi connectivity index (χ0) is 25.7. The zero-order valence-electron chi connectivity index (χ0n) is 19.1. The number of anilines is 1. The molecule has 4 heterocycles. The SMILES string of the molecule is COCCN1C=C(C(=O)Nc2ccc(-n3nc(-c4cccnc4)cc3C(F)(F)F)nc2)CC=CC1=O. The molecule has 2 amide bonds. The molecule has 1 aliphatic heterocycles. The number of carbonyl (C=O) groups excluding carboxylic acids is 2. The molecule has 1 N–H and O–H groups in total. The van der Waals surface area contributed by atoms with Gasteiger partial charge in [0.25, 0.3) is 5.91 Å². The minimum atomic E-state index is -4.67. The van der Waals surface area contributed by atoms with E-state index in [0.29, 0.717) is 22.4 Å². The first-order chi connectivity index (χ1) is 17.3. The summed E-state index contributed by atoms with van der Waals surface area (Å²) < 4.78 is 46.7. The molecular formula is C24H21F3N6O3. The number of alkyl halides is 3. The second kappa shape index (κ2) is 10.5. The maximum Gasteiger partial charge on any atom is 0.433 e. The van der Waals surface area contributed by atoms with E-state index in [9.17, 15) is 22.8 Å². The van der Waals surface area contributed by atoms with E-state index in [0.717, 1.165) is 6.07 Å². The van der Waals surface area contributed by atoms with Crippen LogP contribution in [-0.2, 0) is 20.5 Å². The lowest BCUT2D eigenvalue weighted by atomic mass is 10.2. The van der Waals surface area contributed by atoms with Gasteiger partial charge in [-0.05, 0) is 42.8 Å². The van der Waals surface area contributed by atoms with Crippen LogP contribution >= 0.6 is 0 Å². The van der Waals surface area contributed by atoms with Gasteiger partial charge in [-0.2, -0.15) is 18.3 Å². The summed E-state index contributed by atoms with van der Waals surface area (Å²) in [5, 5.41) is 6.73. The molecule has 0 saturated carbocycles. The van der Waals surface area contributed by atoms with Crippen molar-refractivity contribution in [3.63, 3.8) is 0 Å². The molecule has 0 bridgehead atoms. The Labute approximate surface area is 203 Å². The molecule has 0 radical (unpaired) electrons. The van der Waals surface area contributed by atoms with E-state index in [2.05, 4.69) is 20.4 Å². The lowest BCUT2D eigenvalue weighted by Gasteiger charge is -2.16. The maximum atomic E-state index is 13.7. The van der Waals surface area contributed by atoms with Crippen LogP contribution in [0.25, 0.3) is 17.1 Å². The Bertz CT molecular complexity index is 1300. The van der Waals surface area contributed by atoms with Crippen LogP contribution in [0.3, 0.4) is 0 Å². The number of hydrogen-bond donors (Lipinski definition) is 1. The molecule has 0 fully saturated rings. The molecule has 0 aromatic carbocycles. The smallest absolute Gasteiger partial charge is 0.383 e. The first-order valence-corrected chi connectivity index (χ1v) is 10.8. The Hall–Kier alpha value is -4.32. The molecule has 0 aliphatic carbocycles. The van der Waals surface area contributed by atoms with Crippen LogP contribution in [0.15, 0.2) is 72.8 Å². The van der Waals surface area contributed by atoms with E-state index in [1.165, 1.54) is 55.0 Å². The highest BCUT2D eigenvalue weighted by molar-refractivity contribution is 6.04. The first kappa shape index (κ1) is 24.8. The number of amides is 2. The lowest BCUT2D eigenvalue weighted by Crippen LogP contribution is -2.28. The Morgan fingerprint density at radius 2 is 2.06 bits per heavy atom. The van der Waals surface area contributed by atoms with Gasteiger partial charge in [0, 0.05) is 43.4 Å². The van der Waals surface area contributed by atoms with E-state index in [1.54, 1.807) is 18.2 Å². The number of aromatic nitrogens is 4. The van der Waals surface area contributed by atoms with Gasteiger partial charge in [-0.1, -0.05) is 6.08 Å². The predicted molar refractivity (Wildman–Crippen MR) is 124 cm³/mol. The van der Waals surface area contributed by atoms with Crippen molar-refractivity contribution in [2.24, 2.45) is 0 Å². The third-order valence-corrected chi connectivity index (χ3v) is 5.20. The fourth-order valence-corrected chi connectivity index (χ4v) is 3.41. The van der Waals surface area contributed by atoms with Crippen molar-refractivity contribution < 1.29 is 27.5 Å². The first-order valence-electron chi connectivity index (χ1n) is 10.8. The van der Waals surface area contributed by atoms with Crippen molar-refractivity contribution in [3.05, 3.63) is 78.5 Å². The molecule has 3 aromatic heterocycles. The molecule has 12 heteroatoms. The van der Waals surface area contributed by atoms with Crippen molar-refractivity contribution in [2.75, 3.05) is 25.6 Å². The monoisotopic (exact) mass is 498 g/mol. The normalized spacial score (nSPS) is 13.9. The molecule has 0 saturated heterocycles. The van der Waals surface area contributed by atoms with Gasteiger partial charge in [0.1, 0.15) is 0 Å². The van der Waals surface area contributed by atoms with Crippen LogP contribution in [-0.4, -0.2) is 56.7 Å².